The molecule has 4 aromatic rings. The minimum absolute atomic E-state index is 0.0480. The van der Waals surface area contributed by atoms with Crippen LogP contribution in [-0.4, -0.2) is 20.4 Å². The van der Waals surface area contributed by atoms with Gasteiger partial charge in [0.15, 0.2) is 10.3 Å². The van der Waals surface area contributed by atoms with Crippen molar-refractivity contribution in [1.82, 2.24) is 14.5 Å². The summed E-state index contributed by atoms with van der Waals surface area (Å²) in [6.45, 7) is 6.57. The van der Waals surface area contributed by atoms with Crippen molar-refractivity contribution in [1.29, 1.82) is 0 Å². The Kier molecular flexibility index (Phi) is 6.53. The summed E-state index contributed by atoms with van der Waals surface area (Å²) in [5, 5.41) is 3.68. The summed E-state index contributed by atoms with van der Waals surface area (Å²) in [7, 11) is 0. The number of aryl methyl sites for hydroxylation is 1. The quantitative estimate of drug-likeness (QED) is 0.311. The van der Waals surface area contributed by atoms with E-state index in [4.69, 9.17) is 4.98 Å². The first-order valence-corrected chi connectivity index (χ1v) is 12.0. The summed E-state index contributed by atoms with van der Waals surface area (Å²) in [5.74, 6) is 0.648. The molecule has 0 N–H and O–H groups in total. The van der Waals surface area contributed by atoms with Crippen LogP contribution in [-0.2, 0) is 17.1 Å². The first-order valence-electron chi connectivity index (χ1n) is 10.1. The third-order valence-electron chi connectivity index (χ3n) is 4.86. The van der Waals surface area contributed by atoms with Crippen LogP contribution in [0.2, 0.25) is 0 Å². The van der Waals surface area contributed by atoms with Gasteiger partial charge in [-0.2, -0.15) is 0 Å². The molecule has 0 saturated heterocycles. The summed E-state index contributed by atoms with van der Waals surface area (Å²) in [6, 6.07) is 18.2. The Morgan fingerprint density at radius 3 is 2.68 bits per heavy atom. The van der Waals surface area contributed by atoms with E-state index in [0.717, 1.165) is 39.9 Å². The van der Waals surface area contributed by atoms with Crippen molar-refractivity contribution in [3.63, 3.8) is 0 Å². The Morgan fingerprint density at radius 1 is 1.16 bits per heavy atom. The minimum atomic E-state index is -0.0480. The van der Waals surface area contributed by atoms with Crippen LogP contribution in [0.3, 0.4) is 0 Å². The van der Waals surface area contributed by atoms with Crippen LogP contribution in [0.15, 0.2) is 71.3 Å². The molecule has 2 heterocycles. The van der Waals surface area contributed by atoms with Crippen molar-refractivity contribution in [3.8, 4) is 11.3 Å². The standard InChI is InChI=1S/C24H24N4OS2/c1-4-27-22(19-10-6-5-7-11-19)14-25-23(27)30-15-20-16-31-24(26-20)28(18(3)29)21-12-8-9-17(2)13-21/h5-14,16H,4,15H2,1-3H3. The summed E-state index contributed by atoms with van der Waals surface area (Å²) in [6.07, 6.45) is 1.93. The van der Waals surface area contributed by atoms with Crippen molar-refractivity contribution in [2.75, 3.05) is 4.90 Å². The number of carbonyl (C=O) groups is 1. The fraction of sp³-hybridized carbons (Fsp3) is 0.208. The zero-order chi connectivity index (χ0) is 21.8. The molecule has 0 aliphatic rings. The van der Waals surface area contributed by atoms with Crippen LogP contribution in [0.5, 0.6) is 0 Å². The van der Waals surface area contributed by atoms with Gasteiger partial charge in [-0.25, -0.2) is 9.97 Å². The largest absolute Gasteiger partial charge is 0.319 e. The van der Waals surface area contributed by atoms with Crippen molar-refractivity contribution >= 4 is 39.8 Å². The first-order chi connectivity index (χ1) is 15.1. The Labute approximate surface area is 190 Å². The Balaban J connectivity index is 1.52. The van der Waals surface area contributed by atoms with Crippen LogP contribution in [0.25, 0.3) is 11.3 Å². The van der Waals surface area contributed by atoms with Crippen LogP contribution >= 0.6 is 23.1 Å². The van der Waals surface area contributed by atoms with Gasteiger partial charge in [0.25, 0.3) is 0 Å². The lowest BCUT2D eigenvalue weighted by atomic mass is 10.2. The minimum Gasteiger partial charge on any atom is -0.319 e. The number of carbonyl (C=O) groups excluding carboxylic acids is 1. The number of benzene rings is 2. The fourth-order valence-electron chi connectivity index (χ4n) is 3.42. The maximum Gasteiger partial charge on any atom is 0.230 e. The number of rotatable bonds is 7. The molecule has 0 bridgehead atoms. The van der Waals surface area contributed by atoms with E-state index in [2.05, 4.69) is 28.6 Å². The molecule has 0 unspecified atom stereocenters. The molecule has 158 valence electrons. The third-order valence-corrected chi connectivity index (χ3v) is 6.76. The van der Waals surface area contributed by atoms with Gasteiger partial charge in [0.05, 0.1) is 23.3 Å². The topological polar surface area (TPSA) is 51.0 Å². The number of aromatic nitrogens is 3. The van der Waals surface area contributed by atoms with Gasteiger partial charge in [0.2, 0.25) is 5.91 Å². The molecule has 0 spiro atoms. The van der Waals surface area contributed by atoms with E-state index in [-0.39, 0.29) is 5.91 Å². The Hall–Kier alpha value is -2.90. The van der Waals surface area contributed by atoms with Crippen LogP contribution in [0, 0.1) is 6.92 Å². The van der Waals surface area contributed by atoms with E-state index in [9.17, 15) is 4.79 Å². The lowest BCUT2D eigenvalue weighted by Crippen LogP contribution is -2.22. The summed E-state index contributed by atoms with van der Waals surface area (Å²) < 4.78 is 2.22. The molecule has 0 fully saturated rings. The fourth-order valence-corrected chi connectivity index (χ4v) is 5.34. The van der Waals surface area contributed by atoms with Gasteiger partial charge >= 0.3 is 0 Å². The SMILES string of the molecule is CCn1c(-c2ccccc2)cnc1SCc1csc(N(C(C)=O)c2cccc(C)c2)n1. The molecule has 5 nitrogen and oxygen atoms in total. The molecule has 2 aromatic carbocycles. The van der Waals surface area contributed by atoms with Gasteiger partial charge in [0, 0.05) is 24.6 Å². The second kappa shape index (κ2) is 9.49. The van der Waals surface area contributed by atoms with Gasteiger partial charge in [-0.15, -0.1) is 11.3 Å². The number of thioether (sulfide) groups is 1. The lowest BCUT2D eigenvalue weighted by Gasteiger charge is -2.18. The monoisotopic (exact) mass is 448 g/mol. The maximum absolute atomic E-state index is 12.3. The lowest BCUT2D eigenvalue weighted by molar-refractivity contribution is -0.115. The molecule has 2 aromatic heterocycles. The highest BCUT2D eigenvalue weighted by atomic mass is 32.2. The van der Waals surface area contributed by atoms with E-state index in [1.807, 2.05) is 61.0 Å². The molecule has 0 radical (unpaired) electrons. The number of imidazole rings is 1. The highest BCUT2D eigenvalue weighted by molar-refractivity contribution is 7.98. The zero-order valence-corrected chi connectivity index (χ0v) is 19.4. The predicted molar refractivity (Wildman–Crippen MR) is 129 cm³/mol. The smallest absolute Gasteiger partial charge is 0.230 e. The van der Waals surface area contributed by atoms with Gasteiger partial charge in [-0.3, -0.25) is 9.69 Å². The average molecular weight is 449 g/mol. The molecule has 0 aliphatic carbocycles. The molecular weight excluding hydrogens is 424 g/mol. The van der Waals surface area contributed by atoms with Crippen LogP contribution < -0.4 is 4.90 Å². The number of thiazole rings is 1. The third kappa shape index (κ3) is 4.73. The van der Waals surface area contributed by atoms with Gasteiger partial charge in [-0.05, 0) is 37.1 Å². The molecule has 0 saturated carbocycles. The highest BCUT2D eigenvalue weighted by Gasteiger charge is 2.19. The van der Waals surface area contributed by atoms with E-state index in [1.165, 1.54) is 11.3 Å². The molecule has 7 heteroatoms. The molecule has 1 amide bonds. The van der Waals surface area contributed by atoms with Crippen LogP contribution in [0.1, 0.15) is 25.1 Å². The summed E-state index contributed by atoms with van der Waals surface area (Å²) >= 11 is 3.15. The number of hydrogen-bond donors (Lipinski definition) is 0. The van der Waals surface area contributed by atoms with Crippen molar-refractivity contribution in [2.45, 2.75) is 38.2 Å². The second-order valence-corrected chi connectivity index (χ2v) is 8.92. The number of anilines is 2. The molecule has 0 aliphatic heterocycles. The van der Waals surface area contributed by atoms with Crippen molar-refractivity contribution in [2.24, 2.45) is 0 Å². The molecule has 0 atom stereocenters. The van der Waals surface area contributed by atoms with Gasteiger partial charge in [-0.1, -0.05) is 54.2 Å². The second-order valence-electron chi connectivity index (χ2n) is 7.14. The number of amides is 1. The molecule has 4 rings (SSSR count). The Morgan fingerprint density at radius 2 is 1.97 bits per heavy atom. The Bertz CT molecular complexity index is 1180. The van der Waals surface area contributed by atoms with Crippen molar-refractivity contribution in [3.05, 3.63) is 77.4 Å². The van der Waals surface area contributed by atoms with Crippen LogP contribution in [0.4, 0.5) is 10.8 Å². The van der Waals surface area contributed by atoms with E-state index < -0.39 is 0 Å². The summed E-state index contributed by atoms with van der Waals surface area (Å²) in [5.41, 5.74) is 5.17. The zero-order valence-electron chi connectivity index (χ0n) is 17.8. The normalized spacial score (nSPS) is 10.9. The molecular formula is C24H24N4OS2. The maximum atomic E-state index is 12.3. The number of hydrogen-bond acceptors (Lipinski definition) is 5. The first kappa shape index (κ1) is 21.3. The summed E-state index contributed by atoms with van der Waals surface area (Å²) in [4.78, 5) is 23.4. The van der Waals surface area contributed by atoms with E-state index in [0.29, 0.717) is 10.9 Å². The van der Waals surface area contributed by atoms with E-state index in [1.54, 1.807) is 23.6 Å². The predicted octanol–water partition coefficient (Wildman–Crippen LogP) is 6.31. The van der Waals surface area contributed by atoms with Gasteiger partial charge < -0.3 is 4.57 Å². The highest BCUT2D eigenvalue weighted by Crippen LogP contribution is 2.32. The number of nitrogens with zero attached hydrogens (tertiary/aromatic N) is 4. The average Bonchev–Trinajstić information content (AvgIpc) is 3.39. The van der Waals surface area contributed by atoms with Gasteiger partial charge in [0.1, 0.15) is 0 Å². The molecule has 31 heavy (non-hydrogen) atoms. The van der Waals surface area contributed by atoms with E-state index >= 15 is 0 Å². The van der Waals surface area contributed by atoms with Crippen molar-refractivity contribution < 1.29 is 4.79 Å².